The topological polar surface area (TPSA) is 55.5 Å². The Morgan fingerprint density at radius 2 is 2.11 bits per heavy atom. The van der Waals surface area contributed by atoms with Crippen molar-refractivity contribution in [1.29, 1.82) is 0 Å². The van der Waals surface area contributed by atoms with Gasteiger partial charge in [0.05, 0.1) is 13.7 Å². The standard InChI is InChI=1S/C14H17NO3/c1-9(2)12-6-10(4-5-13(12)17-3)14-7-11(8-16)15-18-14/h4-7,9,16H,8H2,1-3H3. The Labute approximate surface area is 106 Å². The lowest BCUT2D eigenvalue weighted by molar-refractivity contribution is 0.267. The van der Waals surface area contributed by atoms with Gasteiger partial charge in [-0.25, -0.2) is 0 Å². The molecule has 0 amide bonds. The Hall–Kier alpha value is -1.81. The molecule has 1 aromatic carbocycles. The van der Waals surface area contributed by atoms with Crippen LogP contribution in [0.3, 0.4) is 0 Å². The van der Waals surface area contributed by atoms with Crippen LogP contribution < -0.4 is 4.74 Å². The molecule has 96 valence electrons. The van der Waals surface area contributed by atoms with Gasteiger partial charge in [-0.15, -0.1) is 0 Å². The molecule has 1 heterocycles. The maximum absolute atomic E-state index is 8.98. The summed E-state index contributed by atoms with van der Waals surface area (Å²) in [6.07, 6.45) is 0. The Kier molecular flexibility index (Phi) is 3.67. The van der Waals surface area contributed by atoms with Gasteiger partial charge in [0.1, 0.15) is 11.4 Å². The summed E-state index contributed by atoms with van der Waals surface area (Å²) in [5.41, 5.74) is 2.59. The molecule has 0 aliphatic rings. The molecule has 2 aromatic rings. The Balaban J connectivity index is 2.42. The second-order valence-electron chi connectivity index (χ2n) is 4.45. The summed E-state index contributed by atoms with van der Waals surface area (Å²) in [5.74, 6) is 1.89. The monoisotopic (exact) mass is 247 g/mol. The van der Waals surface area contributed by atoms with E-state index in [-0.39, 0.29) is 6.61 Å². The first-order valence-electron chi connectivity index (χ1n) is 5.90. The molecule has 0 radical (unpaired) electrons. The zero-order chi connectivity index (χ0) is 13.1. The summed E-state index contributed by atoms with van der Waals surface area (Å²) in [6.45, 7) is 4.11. The van der Waals surface area contributed by atoms with Crippen molar-refractivity contribution in [3.05, 3.63) is 35.5 Å². The van der Waals surface area contributed by atoms with Crippen LogP contribution in [0.25, 0.3) is 11.3 Å². The summed E-state index contributed by atoms with van der Waals surface area (Å²) in [5, 5.41) is 12.8. The highest BCUT2D eigenvalue weighted by atomic mass is 16.5. The average Bonchev–Trinajstić information content (AvgIpc) is 2.86. The van der Waals surface area contributed by atoms with E-state index in [9.17, 15) is 0 Å². The highest BCUT2D eigenvalue weighted by molar-refractivity contribution is 5.61. The summed E-state index contributed by atoms with van der Waals surface area (Å²) in [4.78, 5) is 0. The second kappa shape index (κ2) is 5.23. The molecule has 0 spiro atoms. The normalized spacial score (nSPS) is 10.9. The molecule has 0 bridgehead atoms. The zero-order valence-electron chi connectivity index (χ0n) is 10.8. The fourth-order valence-corrected chi connectivity index (χ4v) is 1.86. The molecule has 4 nitrogen and oxygen atoms in total. The molecule has 0 fully saturated rings. The Morgan fingerprint density at radius 1 is 1.33 bits per heavy atom. The summed E-state index contributed by atoms with van der Waals surface area (Å²) < 4.78 is 10.5. The summed E-state index contributed by atoms with van der Waals surface area (Å²) in [6, 6.07) is 7.62. The molecule has 4 heteroatoms. The third-order valence-corrected chi connectivity index (χ3v) is 2.86. The largest absolute Gasteiger partial charge is 0.496 e. The van der Waals surface area contributed by atoms with Crippen LogP contribution in [0.2, 0.25) is 0 Å². The SMILES string of the molecule is COc1ccc(-c2cc(CO)no2)cc1C(C)C. The average molecular weight is 247 g/mol. The van der Waals surface area contributed by atoms with Crippen LogP contribution in [-0.4, -0.2) is 17.4 Å². The van der Waals surface area contributed by atoms with E-state index in [1.807, 2.05) is 18.2 Å². The Bertz CT molecular complexity index is 532. The van der Waals surface area contributed by atoms with Crippen molar-refractivity contribution >= 4 is 0 Å². The molecule has 2 rings (SSSR count). The molecule has 0 saturated carbocycles. The molecule has 0 saturated heterocycles. The van der Waals surface area contributed by atoms with Gasteiger partial charge in [-0.05, 0) is 29.7 Å². The van der Waals surface area contributed by atoms with Crippen LogP contribution >= 0.6 is 0 Å². The van der Waals surface area contributed by atoms with E-state index in [4.69, 9.17) is 14.4 Å². The van der Waals surface area contributed by atoms with Crippen LogP contribution in [0.15, 0.2) is 28.8 Å². The van der Waals surface area contributed by atoms with E-state index in [1.54, 1.807) is 13.2 Å². The number of hydrogen-bond acceptors (Lipinski definition) is 4. The van der Waals surface area contributed by atoms with Crippen molar-refractivity contribution < 1.29 is 14.4 Å². The van der Waals surface area contributed by atoms with Crippen molar-refractivity contribution in [2.75, 3.05) is 7.11 Å². The smallest absolute Gasteiger partial charge is 0.167 e. The van der Waals surface area contributed by atoms with E-state index in [1.165, 1.54) is 0 Å². The van der Waals surface area contributed by atoms with E-state index >= 15 is 0 Å². The van der Waals surface area contributed by atoms with Gasteiger partial charge in [0, 0.05) is 11.6 Å². The van der Waals surface area contributed by atoms with E-state index in [0.717, 1.165) is 16.9 Å². The number of nitrogens with zero attached hydrogens (tertiary/aromatic N) is 1. The van der Waals surface area contributed by atoms with Crippen LogP contribution in [0.1, 0.15) is 31.0 Å². The lowest BCUT2D eigenvalue weighted by Crippen LogP contribution is -1.94. The van der Waals surface area contributed by atoms with E-state index in [0.29, 0.717) is 17.4 Å². The molecule has 0 aliphatic heterocycles. The van der Waals surface area contributed by atoms with Crippen molar-refractivity contribution in [2.24, 2.45) is 0 Å². The predicted octanol–water partition coefficient (Wildman–Crippen LogP) is 2.97. The van der Waals surface area contributed by atoms with Crippen LogP contribution in [0.5, 0.6) is 5.75 Å². The number of methoxy groups -OCH3 is 1. The van der Waals surface area contributed by atoms with Crippen molar-refractivity contribution in [3.63, 3.8) is 0 Å². The lowest BCUT2D eigenvalue weighted by atomic mass is 9.98. The van der Waals surface area contributed by atoms with Gasteiger partial charge in [-0.3, -0.25) is 0 Å². The summed E-state index contributed by atoms with van der Waals surface area (Å²) >= 11 is 0. The lowest BCUT2D eigenvalue weighted by Gasteiger charge is -2.12. The highest BCUT2D eigenvalue weighted by Gasteiger charge is 2.12. The van der Waals surface area contributed by atoms with Crippen molar-refractivity contribution in [1.82, 2.24) is 5.16 Å². The molecular weight excluding hydrogens is 230 g/mol. The number of rotatable bonds is 4. The van der Waals surface area contributed by atoms with Gasteiger partial charge in [0.2, 0.25) is 0 Å². The first-order valence-corrected chi connectivity index (χ1v) is 5.90. The maximum atomic E-state index is 8.98. The number of aromatic nitrogens is 1. The first-order chi connectivity index (χ1) is 8.65. The summed E-state index contributed by atoms with van der Waals surface area (Å²) in [7, 11) is 1.67. The van der Waals surface area contributed by atoms with Gasteiger partial charge in [-0.1, -0.05) is 19.0 Å². The number of ether oxygens (including phenoxy) is 1. The number of aliphatic hydroxyl groups is 1. The zero-order valence-corrected chi connectivity index (χ0v) is 10.8. The Morgan fingerprint density at radius 3 is 2.67 bits per heavy atom. The minimum absolute atomic E-state index is 0.114. The minimum atomic E-state index is -0.114. The van der Waals surface area contributed by atoms with E-state index in [2.05, 4.69) is 19.0 Å². The third kappa shape index (κ3) is 2.38. The molecule has 1 N–H and O–H groups in total. The minimum Gasteiger partial charge on any atom is -0.496 e. The predicted molar refractivity (Wildman–Crippen MR) is 68.5 cm³/mol. The third-order valence-electron chi connectivity index (χ3n) is 2.86. The van der Waals surface area contributed by atoms with Gasteiger partial charge in [0.25, 0.3) is 0 Å². The molecule has 1 aromatic heterocycles. The van der Waals surface area contributed by atoms with Crippen LogP contribution in [0, 0.1) is 0 Å². The first kappa shape index (κ1) is 12.6. The second-order valence-corrected chi connectivity index (χ2v) is 4.45. The highest BCUT2D eigenvalue weighted by Crippen LogP contribution is 2.31. The van der Waals surface area contributed by atoms with E-state index < -0.39 is 0 Å². The quantitative estimate of drug-likeness (QED) is 0.902. The number of aliphatic hydroxyl groups excluding tert-OH is 1. The van der Waals surface area contributed by atoms with Crippen molar-refractivity contribution in [2.45, 2.75) is 26.4 Å². The molecule has 0 unspecified atom stereocenters. The van der Waals surface area contributed by atoms with Crippen molar-refractivity contribution in [3.8, 4) is 17.1 Å². The van der Waals surface area contributed by atoms with Gasteiger partial charge < -0.3 is 14.4 Å². The van der Waals surface area contributed by atoms with Gasteiger partial charge in [-0.2, -0.15) is 0 Å². The molecular formula is C14H17NO3. The van der Waals surface area contributed by atoms with Gasteiger partial charge >= 0.3 is 0 Å². The maximum Gasteiger partial charge on any atom is 0.167 e. The molecule has 18 heavy (non-hydrogen) atoms. The number of benzene rings is 1. The molecule has 0 aliphatic carbocycles. The van der Waals surface area contributed by atoms with Gasteiger partial charge in [0.15, 0.2) is 5.76 Å². The number of hydrogen-bond donors (Lipinski definition) is 1. The fraction of sp³-hybridized carbons (Fsp3) is 0.357. The van der Waals surface area contributed by atoms with Crippen LogP contribution in [0.4, 0.5) is 0 Å². The molecule has 0 atom stereocenters. The van der Waals surface area contributed by atoms with Crippen LogP contribution in [-0.2, 0) is 6.61 Å². The fourth-order valence-electron chi connectivity index (χ4n) is 1.86.